The van der Waals surface area contributed by atoms with E-state index in [1.165, 1.54) is 122 Å². The number of unbranched alkanes of at least 4 members (excludes halogenated alkanes) is 20. The quantitative estimate of drug-likeness (QED) is 0.0203. The van der Waals surface area contributed by atoms with Crippen molar-refractivity contribution in [1.82, 2.24) is 0 Å². The Morgan fingerprint density at radius 1 is 0.614 bits per heavy atom. The fourth-order valence-corrected chi connectivity index (χ4v) is 7.30. The average molecular weight is 825 g/mol. The van der Waals surface area contributed by atoms with Crippen LogP contribution in [-0.4, -0.2) is 53.3 Å². The van der Waals surface area contributed by atoms with Crippen molar-refractivity contribution in [3.63, 3.8) is 0 Å². The molecule has 3 atom stereocenters. The van der Waals surface area contributed by atoms with Gasteiger partial charge in [-0.3, -0.25) is 14.1 Å². The Bertz CT molecular complexity index is 1100. The third-order valence-electron chi connectivity index (χ3n) is 10.5. The lowest BCUT2D eigenvalue weighted by atomic mass is 10.0. The molecule has 0 aromatic heterocycles. The fraction of sp³-hybridized carbons (Fsp3) is 0.830. The van der Waals surface area contributed by atoms with Crippen LogP contribution in [0.5, 0.6) is 0 Å². The Labute approximate surface area is 348 Å². The van der Waals surface area contributed by atoms with E-state index in [1.807, 2.05) is 6.08 Å². The molecule has 2 N–H and O–H groups in total. The molecule has 57 heavy (non-hydrogen) atoms. The average Bonchev–Trinajstić information content (AvgIpc) is 3.92. The van der Waals surface area contributed by atoms with E-state index in [9.17, 15) is 14.2 Å². The van der Waals surface area contributed by atoms with Crippen LogP contribution in [0.1, 0.15) is 213 Å². The van der Waals surface area contributed by atoms with E-state index in [0.29, 0.717) is 25.0 Å². The van der Waals surface area contributed by atoms with Crippen molar-refractivity contribution in [3.8, 4) is 0 Å². The van der Waals surface area contributed by atoms with Gasteiger partial charge in [-0.2, -0.15) is 0 Å². The summed E-state index contributed by atoms with van der Waals surface area (Å²) in [7, 11) is -4.77. The van der Waals surface area contributed by atoms with Gasteiger partial charge in [0.1, 0.15) is 6.61 Å². The molecule has 0 aromatic carbocycles. The number of carbonyl (C=O) groups excluding carboxylic acids is 2. The topological polar surface area (TPSA) is 132 Å². The van der Waals surface area contributed by atoms with Crippen molar-refractivity contribution in [2.45, 2.75) is 232 Å². The zero-order valence-electron chi connectivity index (χ0n) is 36.6. The summed E-state index contributed by atoms with van der Waals surface area (Å²) in [5.41, 5.74) is 0. The summed E-state index contributed by atoms with van der Waals surface area (Å²) in [5.74, 6) is -0.102. The molecule has 1 fully saturated rings. The summed E-state index contributed by atoms with van der Waals surface area (Å²) in [5, 5.41) is 0. The van der Waals surface area contributed by atoms with Crippen LogP contribution in [0.4, 0.5) is 0 Å². The highest BCUT2D eigenvalue weighted by atomic mass is 31.2. The van der Waals surface area contributed by atoms with E-state index in [1.54, 1.807) is 0 Å². The molecule has 0 bridgehead atoms. The first kappa shape index (κ1) is 53.2. The second kappa shape index (κ2) is 37.2. The van der Waals surface area contributed by atoms with Gasteiger partial charge >= 0.3 is 19.8 Å². The zero-order chi connectivity index (χ0) is 41.7. The van der Waals surface area contributed by atoms with Crippen LogP contribution in [0.25, 0.3) is 0 Å². The number of hydrogen-bond acceptors (Lipinski definition) is 7. The third kappa shape index (κ3) is 38.2. The highest BCUT2D eigenvalue weighted by Gasteiger charge is 2.36. The van der Waals surface area contributed by atoms with Crippen molar-refractivity contribution in [1.29, 1.82) is 0 Å². The molecule has 0 saturated carbocycles. The second-order valence-electron chi connectivity index (χ2n) is 16.6. The monoisotopic (exact) mass is 825 g/mol. The van der Waals surface area contributed by atoms with E-state index in [-0.39, 0.29) is 19.4 Å². The van der Waals surface area contributed by atoms with Crippen molar-refractivity contribution in [3.05, 3.63) is 36.5 Å². The molecule has 1 aliphatic heterocycles. The first-order chi connectivity index (χ1) is 27.6. The second-order valence-corrected chi connectivity index (χ2v) is 17.8. The molecular formula is C47H85O9P. The molecule has 2 unspecified atom stereocenters. The van der Waals surface area contributed by atoms with E-state index < -0.39 is 32.5 Å². The van der Waals surface area contributed by atoms with Crippen molar-refractivity contribution < 1.29 is 42.7 Å². The minimum absolute atomic E-state index is 0.189. The first-order valence-electron chi connectivity index (χ1n) is 23.3. The number of esters is 2. The molecule has 332 valence electrons. The van der Waals surface area contributed by atoms with Crippen molar-refractivity contribution in [2.75, 3.05) is 13.2 Å². The molecule has 1 rings (SSSR count). The molecule has 1 saturated heterocycles. The zero-order valence-corrected chi connectivity index (χ0v) is 37.5. The maximum absolute atomic E-state index is 12.5. The maximum atomic E-state index is 12.5. The number of phosphoric acid groups is 1. The summed E-state index contributed by atoms with van der Waals surface area (Å²) in [6.45, 7) is 5.98. The van der Waals surface area contributed by atoms with Crippen molar-refractivity contribution in [2.24, 2.45) is 5.92 Å². The Morgan fingerprint density at radius 3 is 1.67 bits per heavy atom. The van der Waals surface area contributed by atoms with Gasteiger partial charge in [-0.1, -0.05) is 192 Å². The minimum Gasteiger partial charge on any atom is -0.462 e. The summed E-state index contributed by atoms with van der Waals surface area (Å²) in [6.07, 6.45) is 46.3. The molecule has 0 spiro atoms. The van der Waals surface area contributed by atoms with Crippen LogP contribution in [0.15, 0.2) is 36.5 Å². The standard InChI is InChI=1S/C47H85O9P/c1-4-5-30-36-44-45(56-44)37-32-27-23-19-16-17-20-24-28-33-38-46(48)53-40-43(41-54-57(50,51)52)55-47(49)39-34-29-25-21-15-13-11-9-7-6-8-10-12-14-18-22-26-31-35-42(2)3/h16,19-20,24,27,32,42-45H,4-15,17-18,21-23,25-26,28-31,33-41H2,1-3H3,(H2,50,51,52)/b19-16-,24-20-,32-27-/t43-,44?,45?/m1/s1. The predicted octanol–water partition coefficient (Wildman–Crippen LogP) is 13.4. The normalized spacial score (nSPS) is 16.4. The lowest BCUT2D eigenvalue weighted by molar-refractivity contribution is -0.161. The van der Waals surface area contributed by atoms with Gasteiger partial charge < -0.3 is 24.0 Å². The largest absolute Gasteiger partial charge is 0.469 e. The van der Waals surface area contributed by atoms with Gasteiger partial charge in [0, 0.05) is 12.8 Å². The number of phosphoric ester groups is 1. The van der Waals surface area contributed by atoms with E-state index >= 15 is 0 Å². The Hall–Kier alpha value is -1.77. The number of ether oxygens (including phenoxy) is 3. The van der Waals surface area contributed by atoms with Crippen LogP contribution in [-0.2, 0) is 32.9 Å². The van der Waals surface area contributed by atoms with Gasteiger partial charge in [0.25, 0.3) is 0 Å². The molecular weight excluding hydrogens is 739 g/mol. The molecule has 0 amide bonds. The molecule has 0 radical (unpaired) electrons. The van der Waals surface area contributed by atoms with E-state index in [2.05, 4.69) is 55.7 Å². The van der Waals surface area contributed by atoms with Crippen LogP contribution < -0.4 is 0 Å². The molecule has 0 aliphatic carbocycles. The Balaban J connectivity index is 2.04. The number of rotatable bonds is 41. The van der Waals surface area contributed by atoms with Gasteiger partial charge in [0.15, 0.2) is 6.10 Å². The van der Waals surface area contributed by atoms with Crippen LogP contribution in [0, 0.1) is 5.92 Å². The summed E-state index contributed by atoms with van der Waals surface area (Å²) in [4.78, 5) is 43.0. The number of epoxide rings is 1. The van der Waals surface area contributed by atoms with Crippen LogP contribution in [0.2, 0.25) is 0 Å². The highest BCUT2D eigenvalue weighted by molar-refractivity contribution is 7.46. The lowest BCUT2D eigenvalue weighted by Crippen LogP contribution is -2.29. The van der Waals surface area contributed by atoms with Crippen LogP contribution in [0.3, 0.4) is 0 Å². The highest BCUT2D eigenvalue weighted by Crippen LogP contribution is 2.36. The van der Waals surface area contributed by atoms with E-state index in [4.69, 9.17) is 24.0 Å². The summed E-state index contributed by atoms with van der Waals surface area (Å²) < 4.78 is 32.1. The predicted molar refractivity (Wildman–Crippen MR) is 234 cm³/mol. The third-order valence-corrected chi connectivity index (χ3v) is 11.0. The lowest BCUT2D eigenvalue weighted by Gasteiger charge is -2.18. The summed E-state index contributed by atoms with van der Waals surface area (Å²) >= 11 is 0. The SMILES string of the molecule is CCCCCC1OC1C/C=C\C/C=C\C/C=C\CCCC(=O)OC[C@H](COP(=O)(O)O)OC(=O)CCCCCCCCCCCCCCCCCCCCC(C)C. The summed E-state index contributed by atoms with van der Waals surface area (Å²) in [6, 6.07) is 0. The van der Waals surface area contributed by atoms with Gasteiger partial charge in [-0.05, 0) is 50.9 Å². The fourth-order valence-electron chi connectivity index (χ4n) is 6.94. The molecule has 9 nitrogen and oxygen atoms in total. The molecule has 1 heterocycles. The van der Waals surface area contributed by atoms with Crippen molar-refractivity contribution >= 4 is 19.8 Å². The smallest absolute Gasteiger partial charge is 0.462 e. The van der Waals surface area contributed by atoms with E-state index in [0.717, 1.165) is 50.9 Å². The number of carbonyl (C=O) groups is 2. The molecule has 1 aliphatic rings. The van der Waals surface area contributed by atoms with Crippen LogP contribution >= 0.6 is 7.82 Å². The van der Waals surface area contributed by atoms with Gasteiger partial charge in [0.05, 0.1) is 18.8 Å². The number of allylic oxidation sites excluding steroid dienone is 5. The molecule has 10 heteroatoms. The first-order valence-corrected chi connectivity index (χ1v) is 24.8. The van der Waals surface area contributed by atoms with Gasteiger partial charge in [0.2, 0.25) is 0 Å². The molecule has 0 aromatic rings. The number of hydrogen-bond donors (Lipinski definition) is 2. The Kier molecular flexibility index (Phi) is 34.8. The minimum atomic E-state index is -4.77. The van der Waals surface area contributed by atoms with Gasteiger partial charge in [-0.15, -0.1) is 0 Å². The maximum Gasteiger partial charge on any atom is 0.469 e. The van der Waals surface area contributed by atoms with Gasteiger partial charge in [-0.25, -0.2) is 4.57 Å². The Morgan fingerprint density at radius 2 is 1.12 bits per heavy atom.